The molecule has 0 aliphatic rings. The zero-order chi connectivity index (χ0) is 18.7. The third-order valence-corrected chi connectivity index (χ3v) is 5.10. The van der Waals surface area contributed by atoms with E-state index >= 15 is 0 Å². The maximum atomic E-state index is 6.15. The van der Waals surface area contributed by atoms with Gasteiger partial charge in [-0.3, -0.25) is 0 Å². The molecule has 0 heterocycles. The van der Waals surface area contributed by atoms with Crippen LogP contribution in [0.5, 0.6) is 5.75 Å². The van der Waals surface area contributed by atoms with Crippen LogP contribution in [-0.2, 0) is 0 Å². The summed E-state index contributed by atoms with van der Waals surface area (Å²) in [6.07, 6.45) is 0. The average Bonchev–Trinajstić information content (AvgIpc) is 2.54. The molecule has 3 nitrogen and oxygen atoms in total. The van der Waals surface area contributed by atoms with Gasteiger partial charge in [-0.25, -0.2) is 4.90 Å². The normalized spacial score (nSPS) is 10.3. The maximum absolute atomic E-state index is 6.15. The highest BCUT2D eigenvalue weighted by Gasteiger charge is 2.22. The number of hydrogen-bond acceptors (Lipinski definition) is 3. The minimum Gasteiger partial charge on any atom is -0.430 e. The molecule has 9 heteroatoms. The van der Waals surface area contributed by atoms with Crippen molar-refractivity contribution in [1.29, 1.82) is 0 Å². The van der Waals surface area contributed by atoms with Crippen LogP contribution in [0.2, 0.25) is 20.1 Å². The molecule has 0 radical (unpaired) electrons. The van der Waals surface area contributed by atoms with Crippen molar-refractivity contribution in [1.82, 2.24) is 4.90 Å². The third-order valence-electron chi connectivity index (χ3n) is 3.01. The van der Waals surface area contributed by atoms with Crippen LogP contribution in [0.3, 0.4) is 0 Å². The minimum atomic E-state index is 0.0845. The molecular formula is C16H12Cl4N2OS2. The van der Waals surface area contributed by atoms with Crippen LogP contribution in [0.4, 0.5) is 5.69 Å². The van der Waals surface area contributed by atoms with Crippen LogP contribution in [-0.4, -0.2) is 29.3 Å². The molecule has 0 saturated heterocycles. The fourth-order valence-corrected chi connectivity index (χ4v) is 3.04. The lowest BCUT2D eigenvalue weighted by Crippen LogP contribution is -2.44. The number of anilines is 1. The highest BCUT2D eigenvalue weighted by Crippen LogP contribution is 2.34. The fraction of sp³-hybridized carbons (Fsp3) is 0.125. The molecule has 0 aliphatic carbocycles. The summed E-state index contributed by atoms with van der Waals surface area (Å²) >= 11 is 34.9. The van der Waals surface area contributed by atoms with E-state index in [9.17, 15) is 0 Å². The van der Waals surface area contributed by atoms with Crippen molar-refractivity contribution in [2.24, 2.45) is 0 Å². The Balaban J connectivity index is 2.37. The second-order valence-corrected chi connectivity index (χ2v) is 7.43. The van der Waals surface area contributed by atoms with Gasteiger partial charge in [-0.1, -0.05) is 46.4 Å². The maximum Gasteiger partial charge on any atom is 0.276 e. The van der Waals surface area contributed by atoms with Gasteiger partial charge in [0.05, 0.1) is 20.8 Å². The molecular weight excluding hydrogens is 442 g/mol. The van der Waals surface area contributed by atoms with E-state index in [0.717, 1.165) is 0 Å². The first-order chi connectivity index (χ1) is 11.7. The number of nitrogens with zero attached hydrogens (tertiary/aromatic N) is 2. The van der Waals surface area contributed by atoms with E-state index in [1.165, 1.54) is 12.1 Å². The monoisotopic (exact) mass is 452 g/mol. The van der Waals surface area contributed by atoms with Crippen molar-refractivity contribution in [2.75, 3.05) is 19.0 Å². The lowest BCUT2D eigenvalue weighted by Gasteiger charge is -2.29. The van der Waals surface area contributed by atoms with Crippen molar-refractivity contribution in [2.45, 2.75) is 0 Å². The van der Waals surface area contributed by atoms with E-state index in [1.54, 1.807) is 48.2 Å². The highest BCUT2D eigenvalue weighted by atomic mass is 35.5. The Morgan fingerprint density at radius 2 is 1.44 bits per heavy atom. The SMILES string of the molecule is CN(C)C(=S)N(C(=S)Oc1cc(Cl)c(Cl)cc1Cl)c1ccc(Cl)cc1. The quantitative estimate of drug-likeness (QED) is 0.389. The summed E-state index contributed by atoms with van der Waals surface area (Å²) in [6.45, 7) is 0. The number of benzene rings is 2. The summed E-state index contributed by atoms with van der Waals surface area (Å²) in [7, 11) is 3.61. The van der Waals surface area contributed by atoms with Gasteiger partial charge in [-0.15, -0.1) is 0 Å². The summed E-state index contributed by atoms with van der Waals surface area (Å²) in [6, 6.07) is 10.0. The van der Waals surface area contributed by atoms with Crippen LogP contribution in [0, 0.1) is 0 Å². The van der Waals surface area contributed by atoms with Gasteiger partial charge < -0.3 is 9.64 Å². The third kappa shape index (κ3) is 5.09. The van der Waals surface area contributed by atoms with Crippen LogP contribution in [0.1, 0.15) is 0 Å². The summed E-state index contributed by atoms with van der Waals surface area (Å²) in [5, 5.41) is 2.02. The van der Waals surface area contributed by atoms with Gasteiger partial charge in [-0.05, 0) is 54.8 Å². The number of rotatable bonds is 2. The molecule has 2 aromatic rings. The van der Waals surface area contributed by atoms with Gasteiger partial charge in [0.25, 0.3) is 5.17 Å². The lowest BCUT2D eigenvalue weighted by atomic mass is 10.3. The molecule has 0 unspecified atom stereocenters. The second-order valence-electron chi connectivity index (χ2n) is 5.05. The van der Waals surface area contributed by atoms with Gasteiger partial charge in [0.1, 0.15) is 0 Å². The fourth-order valence-electron chi connectivity index (χ4n) is 1.81. The van der Waals surface area contributed by atoms with Crippen LogP contribution in [0.15, 0.2) is 36.4 Å². The lowest BCUT2D eigenvalue weighted by molar-refractivity contribution is 0.549. The molecule has 0 saturated carbocycles. The van der Waals surface area contributed by atoms with Crippen LogP contribution >= 0.6 is 70.8 Å². The largest absolute Gasteiger partial charge is 0.430 e. The summed E-state index contributed by atoms with van der Waals surface area (Å²) in [5.41, 5.74) is 0.698. The minimum absolute atomic E-state index is 0.0845. The van der Waals surface area contributed by atoms with E-state index in [2.05, 4.69) is 0 Å². The Kier molecular flexibility index (Phi) is 7.14. The second kappa shape index (κ2) is 8.71. The van der Waals surface area contributed by atoms with Crippen molar-refractivity contribution in [3.8, 4) is 5.75 Å². The Morgan fingerprint density at radius 3 is 2.00 bits per heavy atom. The molecule has 0 aliphatic heterocycles. The van der Waals surface area contributed by atoms with E-state index in [4.69, 9.17) is 75.6 Å². The van der Waals surface area contributed by atoms with Gasteiger partial charge in [-0.2, -0.15) is 0 Å². The van der Waals surface area contributed by atoms with Crippen molar-refractivity contribution < 1.29 is 4.74 Å². The standard InChI is InChI=1S/C16H12Cl4N2OS2/c1-21(2)15(24)22(10-5-3-9(17)4-6-10)16(25)23-14-8-12(19)11(18)7-13(14)20/h3-8H,1-2H3. The van der Waals surface area contributed by atoms with E-state index in [0.29, 0.717) is 25.9 Å². The predicted molar refractivity (Wildman–Crippen MR) is 115 cm³/mol. The number of thiocarbonyl (C=S) groups is 2. The highest BCUT2D eigenvalue weighted by molar-refractivity contribution is 7.82. The first kappa shape index (κ1) is 20.5. The van der Waals surface area contributed by atoms with Gasteiger partial charge in [0.2, 0.25) is 0 Å². The number of hydrogen-bond donors (Lipinski definition) is 0. The van der Waals surface area contributed by atoms with Crippen molar-refractivity contribution in [3.05, 3.63) is 56.5 Å². The number of halogens is 4. The molecule has 132 valence electrons. The van der Waals surface area contributed by atoms with E-state index < -0.39 is 0 Å². The molecule has 2 rings (SSSR count). The van der Waals surface area contributed by atoms with E-state index in [1.807, 2.05) is 0 Å². The zero-order valence-electron chi connectivity index (χ0n) is 13.1. The average molecular weight is 454 g/mol. The molecule has 0 N–H and O–H groups in total. The first-order valence-electron chi connectivity index (χ1n) is 6.84. The molecule has 0 aromatic heterocycles. The smallest absolute Gasteiger partial charge is 0.276 e. The van der Waals surface area contributed by atoms with E-state index in [-0.39, 0.29) is 15.9 Å². The molecule has 0 spiro atoms. The summed E-state index contributed by atoms with van der Waals surface area (Å²) in [5.74, 6) is 0.279. The van der Waals surface area contributed by atoms with Crippen molar-refractivity contribution in [3.63, 3.8) is 0 Å². The molecule has 0 bridgehead atoms. The molecule has 0 atom stereocenters. The van der Waals surface area contributed by atoms with Crippen LogP contribution in [0.25, 0.3) is 0 Å². The Hall–Kier alpha value is -0.820. The summed E-state index contributed by atoms with van der Waals surface area (Å²) < 4.78 is 5.73. The first-order valence-corrected chi connectivity index (χ1v) is 9.17. The van der Waals surface area contributed by atoms with Crippen molar-refractivity contribution >= 4 is 86.8 Å². The Labute approximate surface area is 177 Å². The van der Waals surface area contributed by atoms with Gasteiger partial charge in [0.15, 0.2) is 10.9 Å². The van der Waals surface area contributed by atoms with Crippen LogP contribution < -0.4 is 9.64 Å². The molecule has 0 fully saturated rings. The molecule has 0 amide bonds. The zero-order valence-corrected chi connectivity index (χ0v) is 17.8. The molecule has 2 aromatic carbocycles. The summed E-state index contributed by atoms with van der Waals surface area (Å²) in [4.78, 5) is 3.32. The Bertz CT molecular complexity index is 813. The molecule has 25 heavy (non-hydrogen) atoms. The topological polar surface area (TPSA) is 15.7 Å². The van der Waals surface area contributed by atoms with Gasteiger partial charge in [0, 0.05) is 25.2 Å². The van der Waals surface area contributed by atoms with Gasteiger partial charge >= 0.3 is 0 Å². The number of ether oxygens (including phenoxy) is 1. The Morgan fingerprint density at radius 1 is 0.880 bits per heavy atom. The predicted octanol–water partition coefficient (Wildman–Crippen LogP) is 6.32.